The first-order valence-corrected chi connectivity index (χ1v) is 12.6. The van der Waals surface area contributed by atoms with Gasteiger partial charge in [0, 0.05) is 49.2 Å². The molecular weight excluding hydrogens is 418 g/mol. The standard InChI is InChI=1S/C27H33N5.C2H6/c1-4-20(17-28-2)25-14-15-26(31-27(25)30-24-12-7-5-6-8-13-24)22-11-9-10-21(16-22)23-18-29-32(3)19-23;1-2/h4,9-11,14-19,24H,5-8,12-13H2,1-3H3,(H,30,31);1-2H3/b20-4+,28-17?;. The number of hydrogen-bond acceptors (Lipinski definition) is 4. The van der Waals surface area contributed by atoms with E-state index in [0.29, 0.717) is 6.04 Å². The third-order valence-electron chi connectivity index (χ3n) is 6.18. The van der Waals surface area contributed by atoms with Gasteiger partial charge in [-0.15, -0.1) is 0 Å². The Labute approximate surface area is 205 Å². The second-order valence-electron chi connectivity index (χ2n) is 8.54. The van der Waals surface area contributed by atoms with E-state index in [0.717, 1.165) is 39.3 Å². The van der Waals surface area contributed by atoms with Crippen LogP contribution in [-0.4, -0.2) is 34.1 Å². The molecule has 34 heavy (non-hydrogen) atoms. The van der Waals surface area contributed by atoms with Gasteiger partial charge in [0.1, 0.15) is 5.82 Å². The number of nitrogens with one attached hydrogen (secondary N) is 1. The lowest BCUT2D eigenvalue weighted by atomic mass is 10.0. The fourth-order valence-electron chi connectivity index (χ4n) is 4.45. The summed E-state index contributed by atoms with van der Waals surface area (Å²) in [4.78, 5) is 9.38. The SMILES string of the molecule is C/C=C(\C=NC)c1ccc(-c2cccc(-c3cnn(C)c3)c2)nc1NC1CCCCCC1.CC. The predicted octanol–water partition coefficient (Wildman–Crippen LogP) is 7.41. The van der Waals surface area contributed by atoms with Crippen LogP contribution in [0.3, 0.4) is 0 Å². The number of benzene rings is 1. The molecule has 1 N–H and O–H groups in total. The molecule has 4 rings (SSSR count). The first-order valence-electron chi connectivity index (χ1n) is 12.6. The first kappa shape index (κ1) is 25.4. The summed E-state index contributed by atoms with van der Waals surface area (Å²) >= 11 is 0. The molecule has 0 spiro atoms. The minimum atomic E-state index is 0.470. The van der Waals surface area contributed by atoms with Gasteiger partial charge in [-0.25, -0.2) is 4.98 Å². The van der Waals surface area contributed by atoms with Crippen molar-refractivity contribution < 1.29 is 0 Å². The molecule has 2 aromatic heterocycles. The lowest BCUT2D eigenvalue weighted by Crippen LogP contribution is -2.20. The summed E-state index contributed by atoms with van der Waals surface area (Å²) in [5, 5.41) is 8.11. The van der Waals surface area contributed by atoms with Crippen molar-refractivity contribution in [2.75, 3.05) is 12.4 Å². The van der Waals surface area contributed by atoms with E-state index in [1.165, 1.54) is 38.5 Å². The van der Waals surface area contributed by atoms with Crippen molar-refractivity contribution in [3.05, 3.63) is 60.4 Å². The molecule has 0 amide bonds. The summed E-state index contributed by atoms with van der Waals surface area (Å²) in [5.41, 5.74) is 6.53. The van der Waals surface area contributed by atoms with Crippen molar-refractivity contribution >= 4 is 17.6 Å². The van der Waals surface area contributed by atoms with E-state index in [-0.39, 0.29) is 0 Å². The van der Waals surface area contributed by atoms with Gasteiger partial charge in [-0.3, -0.25) is 9.67 Å². The number of hydrogen-bond donors (Lipinski definition) is 1. The Morgan fingerprint density at radius 3 is 2.41 bits per heavy atom. The number of anilines is 1. The van der Waals surface area contributed by atoms with Crippen molar-refractivity contribution in [3.8, 4) is 22.4 Å². The molecule has 1 aliphatic carbocycles. The molecule has 5 nitrogen and oxygen atoms in total. The highest BCUT2D eigenvalue weighted by molar-refractivity contribution is 6.11. The molecular formula is C29H39N5. The third-order valence-corrected chi connectivity index (χ3v) is 6.18. The van der Waals surface area contributed by atoms with Gasteiger partial charge in [0.05, 0.1) is 11.9 Å². The van der Waals surface area contributed by atoms with Crippen LogP contribution in [0.15, 0.2) is 59.9 Å². The zero-order valence-electron chi connectivity index (χ0n) is 21.4. The van der Waals surface area contributed by atoms with Gasteiger partial charge in [0.25, 0.3) is 0 Å². The largest absolute Gasteiger partial charge is 0.367 e. The fourth-order valence-corrected chi connectivity index (χ4v) is 4.45. The van der Waals surface area contributed by atoms with E-state index in [9.17, 15) is 0 Å². The minimum Gasteiger partial charge on any atom is -0.367 e. The molecule has 0 atom stereocenters. The molecule has 1 aliphatic rings. The summed E-state index contributed by atoms with van der Waals surface area (Å²) in [5.74, 6) is 0.953. The van der Waals surface area contributed by atoms with Crippen molar-refractivity contribution in [1.29, 1.82) is 0 Å². The molecule has 180 valence electrons. The summed E-state index contributed by atoms with van der Waals surface area (Å²) in [6.45, 7) is 6.05. The molecule has 2 heterocycles. The van der Waals surface area contributed by atoms with E-state index in [2.05, 4.69) is 64.8 Å². The Balaban J connectivity index is 0.00000158. The number of aryl methyl sites for hydroxylation is 1. The number of rotatable bonds is 6. The molecule has 5 heteroatoms. The number of allylic oxidation sites excluding steroid dienone is 2. The van der Waals surface area contributed by atoms with Crippen molar-refractivity contribution in [2.45, 2.75) is 65.3 Å². The van der Waals surface area contributed by atoms with Crippen molar-refractivity contribution in [3.63, 3.8) is 0 Å². The highest BCUT2D eigenvalue weighted by Gasteiger charge is 2.17. The Morgan fingerprint density at radius 1 is 1.03 bits per heavy atom. The predicted molar refractivity (Wildman–Crippen MR) is 146 cm³/mol. The summed E-state index contributed by atoms with van der Waals surface area (Å²) < 4.78 is 1.83. The second-order valence-corrected chi connectivity index (χ2v) is 8.54. The Kier molecular flexibility index (Phi) is 9.62. The van der Waals surface area contributed by atoms with Crippen LogP contribution in [0.4, 0.5) is 5.82 Å². The van der Waals surface area contributed by atoms with Gasteiger partial charge in [-0.05, 0) is 49.1 Å². The zero-order chi connectivity index (χ0) is 24.3. The highest BCUT2D eigenvalue weighted by Crippen LogP contribution is 2.30. The topological polar surface area (TPSA) is 55.1 Å². The van der Waals surface area contributed by atoms with Crippen LogP contribution < -0.4 is 5.32 Å². The number of pyridine rings is 1. The molecule has 0 radical (unpaired) electrons. The van der Waals surface area contributed by atoms with Crippen LogP contribution >= 0.6 is 0 Å². The van der Waals surface area contributed by atoms with Gasteiger partial charge in [0.15, 0.2) is 0 Å². The molecule has 3 aromatic rings. The monoisotopic (exact) mass is 457 g/mol. The lowest BCUT2D eigenvalue weighted by Gasteiger charge is -2.20. The Bertz CT molecular complexity index is 1100. The number of aromatic nitrogens is 3. The van der Waals surface area contributed by atoms with Gasteiger partial charge in [0.2, 0.25) is 0 Å². The Hall–Kier alpha value is -3.21. The Morgan fingerprint density at radius 2 is 1.76 bits per heavy atom. The van der Waals surface area contributed by atoms with E-state index in [1.807, 2.05) is 51.2 Å². The maximum Gasteiger partial charge on any atom is 0.134 e. The van der Waals surface area contributed by atoms with Gasteiger partial charge < -0.3 is 5.32 Å². The average molecular weight is 458 g/mol. The second kappa shape index (κ2) is 12.9. The molecule has 1 aromatic carbocycles. The zero-order valence-corrected chi connectivity index (χ0v) is 21.4. The van der Waals surface area contributed by atoms with Crippen LogP contribution in [0.1, 0.15) is 64.9 Å². The number of nitrogens with zero attached hydrogens (tertiary/aromatic N) is 4. The van der Waals surface area contributed by atoms with E-state index in [1.54, 1.807) is 0 Å². The maximum absolute atomic E-state index is 5.12. The highest BCUT2D eigenvalue weighted by atomic mass is 15.2. The molecule has 0 bridgehead atoms. The third kappa shape index (κ3) is 6.43. The number of aliphatic imine (C=N–C) groups is 1. The van der Waals surface area contributed by atoms with Crippen LogP contribution in [0.5, 0.6) is 0 Å². The summed E-state index contributed by atoms with van der Waals surface area (Å²) in [6.07, 6.45) is 15.6. The lowest BCUT2D eigenvalue weighted by molar-refractivity contribution is 0.617. The molecule has 0 aliphatic heterocycles. The summed E-state index contributed by atoms with van der Waals surface area (Å²) in [6, 6.07) is 13.3. The molecule has 0 unspecified atom stereocenters. The molecule has 0 saturated heterocycles. The van der Waals surface area contributed by atoms with Crippen LogP contribution in [0.2, 0.25) is 0 Å². The average Bonchev–Trinajstić information content (AvgIpc) is 3.15. The maximum atomic E-state index is 5.12. The van der Waals surface area contributed by atoms with E-state index in [4.69, 9.17) is 4.98 Å². The van der Waals surface area contributed by atoms with Crippen molar-refractivity contribution in [2.24, 2.45) is 12.0 Å². The van der Waals surface area contributed by atoms with Gasteiger partial charge in [-0.1, -0.05) is 63.8 Å². The molecule has 1 saturated carbocycles. The minimum absolute atomic E-state index is 0.470. The normalized spacial score (nSPS) is 15.0. The van der Waals surface area contributed by atoms with Crippen molar-refractivity contribution in [1.82, 2.24) is 14.8 Å². The van der Waals surface area contributed by atoms with Crippen LogP contribution in [0, 0.1) is 0 Å². The van der Waals surface area contributed by atoms with E-state index < -0.39 is 0 Å². The quantitative estimate of drug-likeness (QED) is 0.310. The van der Waals surface area contributed by atoms with Gasteiger partial charge in [-0.2, -0.15) is 5.10 Å². The smallest absolute Gasteiger partial charge is 0.134 e. The van der Waals surface area contributed by atoms with Gasteiger partial charge >= 0.3 is 0 Å². The molecule has 1 fully saturated rings. The van der Waals surface area contributed by atoms with E-state index >= 15 is 0 Å². The first-order chi connectivity index (χ1) is 16.7. The summed E-state index contributed by atoms with van der Waals surface area (Å²) in [7, 11) is 3.76. The van der Waals surface area contributed by atoms with Crippen LogP contribution in [0.25, 0.3) is 28.0 Å². The van der Waals surface area contributed by atoms with Crippen LogP contribution in [-0.2, 0) is 7.05 Å². The fraction of sp³-hybridized carbons (Fsp3) is 0.414.